The van der Waals surface area contributed by atoms with Gasteiger partial charge < -0.3 is 19.7 Å². The first-order valence-electron chi connectivity index (χ1n) is 10.7. The molecule has 4 rings (SSSR count). The molecule has 0 spiro atoms. The first kappa shape index (κ1) is 22.0. The Kier molecular flexibility index (Phi) is 7.07. The second-order valence-corrected chi connectivity index (χ2v) is 8.80. The summed E-state index contributed by atoms with van der Waals surface area (Å²) in [4.78, 5) is 13.4. The Morgan fingerprint density at radius 2 is 1.94 bits per heavy atom. The average molecular weight is 446 g/mol. The summed E-state index contributed by atoms with van der Waals surface area (Å²) in [6.07, 6.45) is 2.61. The van der Waals surface area contributed by atoms with Gasteiger partial charge in [-0.2, -0.15) is 0 Å². The Morgan fingerprint density at radius 1 is 1.16 bits per heavy atom. The third kappa shape index (κ3) is 5.74. The summed E-state index contributed by atoms with van der Waals surface area (Å²) < 4.78 is 12.1. The molecule has 7 nitrogen and oxygen atoms in total. The maximum atomic E-state index is 11.3. The van der Waals surface area contributed by atoms with Crippen LogP contribution in [-0.2, 0) is 15.9 Å². The smallest absolute Gasteiger partial charge is 0.292 e. The van der Waals surface area contributed by atoms with Gasteiger partial charge >= 0.3 is 0 Å². The third-order valence-electron chi connectivity index (χ3n) is 5.98. The van der Waals surface area contributed by atoms with Gasteiger partial charge in [0.2, 0.25) is 0 Å². The van der Waals surface area contributed by atoms with Crippen molar-refractivity contribution >= 4 is 23.0 Å². The topological polar surface area (TPSA) is 76.9 Å². The van der Waals surface area contributed by atoms with Crippen molar-refractivity contribution < 1.29 is 14.4 Å². The van der Waals surface area contributed by atoms with E-state index in [1.165, 1.54) is 11.6 Å². The molecule has 0 saturated carbocycles. The summed E-state index contributed by atoms with van der Waals surface area (Å²) in [5, 5.41) is 15.1. The lowest BCUT2D eigenvalue weighted by molar-refractivity contribution is -0.384. The highest BCUT2D eigenvalue weighted by atomic mass is 35.5. The van der Waals surface area contributed by atoms with Crippen LogP contribution in [0.15, 0.2) is 48.5 Å². The molecule has 2 aromatic rings. The number of likely N-dealkylation sites (tertiary alicyclic amines) is 1. The molecule has 2 aliphatic heterocycles. The Morgan fingerprint density at radius 3 is 2.61 bits per heavy atom. The van der Waals surface area contributed by atoms with Crippen LogP contribution in [0.25, 0.3) is 0 Å². The number of anilines is 1. The molecule has 31 heavy (non-hydrogen) atoms. The zero-order valence-corrected chi connectivity index (χ0v) is 18.2. The van der Waals surface area contributed by atoms with Gasteiger partial charge in [-0.3, -0.25) is 10.1 Å². The van der Waals surface area contributed by atoms with Gasteiger partial charge in [0.15, 0.2) is 0 Å². The van der Waals surface area contributed by atoms with E-state index in [0.29, 0.717) is 30.5 Å². The van der Waals surface area contributed by atoms with Gasteiger partial charge in [0.1, 0.15) is 11.3 Å². The van der Waals surface area contributed by atoms with E-state index in [9.17, 15) is 10.1 Å². The molecule has 1 atom stereocenters. The van der Waals surface area contributed by atoms with Crippen LogP contribution in [0.4, 0.5) is 11.4 Å². The summed E-state index contributed by atoms with van der Waals surface area (Å²) in [5.41, 5.74) is 1.45. The van der Waals surface area contributed by atoms with Crippen molar-refractivity contribution in [3.8, 4) is 0 Å². The number of piperidine rings is 1. The van der Waals surface area contributed by atoms with Crippen molar-refractivity contribution in [3.63, 3.8) is 0 Å². The minimum Gasteiger partial charge on any atom is -0.377 e. The molecule has 0 amide bonds. The van der Waals surface area contributed by atoms with E-state index in [0.717, 1.165) is 38.9 Å². The summed E-state index contributed by atoms with van der Waals surface area (Å²) in [6.45, 7) is 4.45. The first-order chi connectivity index (χ1) is 15.0. The van der Waals surface area contributed by atoms with Crippen LogP contribution in [0.3, 0.4) is 0 Å². The Bertz CT molecular complexity index is 882. The van der Waals surface area contributed by atoms with Gasteiger partial charge in [-0.15, -0.1) is 0 Å². The third-order valence-corrected chi connectivity index (χ3v) is 6.22. The number of halogens is 1. The Labute approximate surface area is 187 Å². The number of ether oxygens (including phenoxy) is 2. The number of hydrogen-bond donors (Lipinski definition) is 1. The highest BCUT2D eigenvalue weighted by Gasteiger charge is 2.37. The average Bonchev–Trinajstić information content (AvgIpc) is 2.76. The number of benzene rings is 2. The van der Waals surface area contributed by atoms with E-state index < -0.39 is 0 Å². The summed E-state index contributed by atoms with van der Waals surface area (Å²) in [7, 11) is 0. The van der Waals surface area contributed by atoms with E-state index in [1.54, 1.807) is 12.1 Å². The lowest BCUT2D eigenvalue weighted by Gasteiger charge is -2.43. The second-order valence-electron chi connectivity index (χ2n) is 8.36. The molecule has 2 fully saturated rings. The van der Waals surface area contributed by atoms with Crippen LogP contribution in [0.5, 0.6) is 0 Å². The fourth-order valence-corrected chi connectivity index (χ4v) is 4.65. The maximum Gasteiger partial charge on any atom is 0.292 e. The van der Waals surface area contributed by atoms with Gasteiger partial charge in [-0.05, 0) is 30.5 Å². The van der Waals surface area contributed by atoms with E-state index in [4.69, 9.17) is 21.1 Å². The molecule has 0 aliphatic carbocycles. The predicted molar refractivity (Wildman–Crippen MR) is 121 cm³/mol. The van der Waals surface area contributed by atoms with Crippen molar-refractivity contribution in [2.75, 3.05) is 44.8 Å². The summed E-state index contributed by atoms with van der Waals surface area (Å²) >= 11 is 6.06. The van der Waals surface area contributed by atoms with Crippen LogP contribution < -0.4 is 5.32 Å². The highest BCUT2D eigenvalue weighted by molar-refractivity contribution is 6.31. The largest absolute Gasteiger partial charge is 0.377 e. The number of hydrogen-bond acceptors (Lipinski definition) is 6. The molecule has 2 aliphatic rings. The number of rotatable bonds is 7. The van der Waals surface area contributed by atoms with Gasteiger partial charge in [-0.25, -0.2) is 0 Å². The monoisotopic (exact) mass is 445 g/mol. The van der Waals surface area contributed by atoms with Gasteiger partial charge in [0.05, 0.1) is 24.7 Å². The van der Waals surface area contributed by atoms with Crippen LogP contribution in [0, 0.1) is 10.1 Å². The molecule has 166 valence electrons. The van der Waals surface area contributed by atoms with Crippen LogP contribution in [-0.4, -0.2) is 60.9 Å². The van der Waals surface area contributed by atoms with Gasteiger partial charge in [-0.1, -0.05) is 41.9 Å². The quantitative estimate of drug-likeness (QED) is 0.509. The molecule has 2 saturated heterocycles. The standard InChI is InChI=1S/C23H28ClN3O4/c24-19-6-7-22(27(28)29)21(14-19)25-20-8-10-26(11-9-20)16-23(17-30-12-13-31-23)15-18-4-2-1-3-5-18/h1-7,14,20,25H,8-13,15-17H2. The minimum atomic E-state index is -0.373. The van der Waals surface area contributed by atoms with Crippen molar-refractivity contribution in [1.82, 2.24) is 4.90 Å². The molecule has 0 aromatic heterocycles. The van der Waals surface area contributed by atoms with Crippen LogP contribution in [0.1, 0.15) is 18.4 Å². The number of nitrogens with one attached hydrogen (secondary N) is 1. The first-order valence-corrected chi connectivity index (χ1v) is 11.1. The van der Waals surface area contributed by atoms with Crippen molar-refractivity contribution in [2.24, 2.45) is 0 Å². The molecule has 0 radical (unpaired) electrons. The van der Waals surface area contributed by atoms with Crippen LogP contribution >= 0.6 is 11.6 Å². The molecule has 0 bridgehead atoms. The number of nitro benzene ring substituents is 1. The van der Waals surface area contributed by atoms with Crippen molar-refractivity contribution in [2.45, 2.75) is 30.9 Å². The second kappa shape index (κ2) is 9.96. The van der Waals surface area contributed by atoms with E-state index in [1.807, 2.05) is 6.07 Å². The number of nitrogens with zero attached hydrogens (tertiary/aromatic N) is 2. The fourth-order valence-electron chi connectivity index (χ4n) is 4.48. The summed E-state index contributed by atoms with van der Waals surface area (Å²) in [5.74, 6) is 0. The van der Waals surface area contributed by atoms with E-state index in [-0.39, 0.29) is 22.3 Å². The van der Waals surface area contributed by atoms with Gasteiger partial charge in [0, 0.05) is 43.2 Å². The molecule has 1 N–H and O–H groups in total. The van der Waals surface area contributed by atoms with Crippen LogP contribution in [0.2, 0.25) is 5.02 Å². The molecule has 1 unspecified atom stereocenters. The van der Waals surface area contributed by atoms with Crippen molar-refractivity contribution in [3.05, 3.63) is 69.2 Å². The predicted octanol–water partition coefficient (Wildman–Crippen LogP) is 4.15. The molecular formula is C23H28ClN3O4. The molecule has 8 heteroatoms. The zero-order valence-electron chi connectivity index (χ0n) is 17.5. The highest BCUT2D eigenvalue weighted by Crippen LogP contribution is 2.30. The molecular weight excluding hydrogens is 418 g/mol. The Hall–Kier alpha value is -2.19. The molecule has 2 heterocycles. The zero-order chi connectivity index (χ0) is 21.7. The minimum absolute atomic E-state index is 0.0568. The number of nitro groups is 1. The van der Waals surface area contributed by atoms with Gasteiger partial charge in [0.25, 0.3) is 5.69 Å². The Balaban J connectivity index is 1.37. The normalized spacial score (nSPS) is 22.9. The maximum absolute atomic E-state index is 11.3. The lowest BCUT2D eigenvalue weighted by Crippen LogP contribution is -2.55. The summed E-state index contributed by atoms with van der Waals surface area (Å²) in [6, 6.07) is 15.2. The lowest BCUT2D eigenvalue weighted by atomic mass is 9.92. The van der Waals surface area contributed by atoms with E-state index >= 15 is 0 Å². The fraction of sp³-hybridized carbons (Fsp3) is 0.478. The van der Waals surface area contributed by atoms with Crippen molar-refractivity contribution in [1.29, 1.82) is 0 Å². The molecule has 2 aromatic carbocycles. The SMILES string of the molecule is O=[N+]([O-])c1ccc(Cl)cc1NC1CCN(CC2(Cc3ccccc3)COCCO2)CC1. The van der Waals surface area contributed by atoms with E-state index in [2.05, 4.69) is 34.5 Å².